The maximum atomic E-state index is 9.03. The highest BCUT2D eigenvalue weighted by molar-refractivity contribution is 5.17. The molecule has 1 rings (SSSR count). The van der Waals surface area contributed by atoms with Crippen LogP contribution in [0.5, 0.6) is 0 Å². The molecular formula is C10H15N7. The lowest BCUT2D eigenvalue weighted by Crippen LogP contribution is -2.22. The first-order chi connectivity index (χ1) is 8.19. The van der Waals surface area contributed by atoms with Crippen LogP contribution < -0.4 is 5.32 Å². The zero-order valence-electron chi connectivity index (χ0n) is 9.91. The Morgan fingerprint density at radius 1 is 1.71 bits per heavy atom. The van der Waals surface area contributed by atoms with Gasteiger partial charge in [-0.25, -0.2) is 0 Å². The third-order valence-electron chi connectivity index (χ3n) is 2.24. The fourth-order valence-electron chi connectivity index (χ4n) is 1.33. The molecule has 1 N–H and O–H groups in total. The summed E-state index contributed by atoms with van der Waals surface area (Å²) >= 11 is 0. The summed E-state index contributed by atoms with van der Waals surface area (Å²) in [6.45, 7) is 4.84. The predicted octanol–water partition coefficient (Wildman–Crippen LogP) is 1.93. The lowest BCUT2D eigenvalue weighted by molar-refractivity contribution is 0.531. The molecule has 7 nitrogen and oxygen atoms in total. The van der Waals surface area contributed by atoms with Gasteiger partial charge >= 0.3 is 0 Å². The minimum absolute atomic E-state index is 0.270. The Kier molecular flexibility index (Phi) is 5.01. The van der Waals surface area contributed by atoms with Crippen LogP contribution in [0, 0.1) is 11.3 Å². The topological polar surface area (TPSA) is 102 Å². The van der Waals surface area contributed by atoms with Gasteiger partial charge in [-0.05, 0) is 19.4 Å². The van der Waals surface area contributed by atoms with Gasteiger partial charge < -0.3 is 0 Å². The first kappa shape index (κ1) is 13.0. The van der Waals surface area contributed by atoms with Crippen LogP contribution in [-0.4, -0.2) is 22.9 Å². The van der Waals surface area contributed by atoms with E-state index in [1.165, 1.54) is 0 Å². The van der Waals surface area contributed by atoms with Crippen molar-refractivity contribution in [2.45, 2.75) is 25.9 Å². The number of aromatic nitrogens is 2. The van der Waals surface area contributed by atoms with Crippen LogP contribution in [0.2, 0.25) is 0 Å². The van der Waals surface area contributed by atoms with Crippen molar-refractivity contribution in [1.29, 1.82) is 5.26 Å². The zero-order valence-corrected chi connectivity index (χ0v) is 9.91. The average molecular weight is 233 g/mol. The second-order valence-corrected chi connectivity index (χ2v) is 3.82. The van der Waals surface area contributed by atoms with Gasteiger partial charge in [0.15, 0.2) is 0 Å². The molecular weight excluding hydrogens is 218 g/mol. The quantitative estimate of drug-likeness (QED) is 0.351. The van der Waals surface area contributed by atoms with E-state index in [9.17, 15) is 0 Å². The molecule has 0 amide bonds. The van der Waals surface area contributed by atoms with Crippen LogP contribution in [0.25, 0.3) is 10.4 Å². The molecule has 0 bridgehead atoms. The van der Waals surface area contributed by atoms with E-state index in [-0.39, 0.29) is 6.04 Å². The van der Waals surface area contributed by atoms with Crippen molar-refractivity contribution < 1.29 is 0 Å². The Morgan fingerprint density at radius 2 is 2.47 bits per heavy atom. The molecule has 0 saturated heterocycles. The van der Waals surface area contributed by atoms with Gasteiger partial charge in [0.05, 0.1) is 12.3 Å². The average Bonchev–Trinajstić information content (AvgIpc) is 2.79. The second kappa shape index (κ2) is 6.53. The molecule has 0 saturated carbocycles. The maximum Gasteiger partial charge on any atom is 0.124 e. The fourth-order valence-corrected chi connectivity index (χ4v) is 1.33. The molecule has 1 unspecified atom stereocenters. The molecule has 0 aliphatic rings. The van der Waals surface area contributed by atoms with Crippen LogP contribution in [0.1, 0.15) is 31.5 Å². The fraction of sp³-hybridized carbons (Fsp3) is 0.600. The smallest absolute Gasteiger partial charge is 0.124 e. The zero-order chi connectivity index (χ0) is 12.7. The summed E-state index contributed by atoms with van der Waals surface area (Å²) in [6.07, 6.45) is 3.52. The van der Waals surface area contributed by atoms with Crippen molar-refractivity contribution in [3.8, 4) is 6.07 Å². The van der Waals surface area contributed by atoms with Crippen molar-refractivity contribution in [3.05, 3.63) is 28.4 Å². The van der Waals surface area contributed by atoms with Gasteiger partial charge in [-0.2, -0.15) is 10.4 Å². The van der Waals surface area contributed by atoms with Gasteiger partial charge in [0, 0.05) is 35.8 Å². The summed E-state index contributed by atoms with van der Waals surface area (Å²) in [5.74, 6) is 0. The van der Waals surface area contributed by atoms with E-state index in [0.29, 0.717) is 13.1 Å². The molecule has 0 aliphatic carbocycles. The van der Waals surface area contributed by atoms with E-state index in [1.807, 2.05) is 20.0 Å². The van der Waals surface area contributed by atoms with Gasteiger partial charge in [-0.3, -0.25) is 10.00 Å². The van der Waals surface area contributed by atoms with Crippen molar-refractivity contribution in [2.24, 2.45) is 5.11 Å². The third-order valence-corrected chi connectivity index (χ3v) is 2.24. The largest absolute Gasteiger partial charge is 0.298 e. The number of nitrogens with one attached hydrogen (secondary N) is 1. The van der Waals surface area contributed by atoms with Gasteiger partial charge in [-0.1, -0.05) is 5.11 Å². The van der Waals surface area contributed by atoms with Crippen molar-refractivity contribution >= 4 is 0 Å². The van der Waals surface area contributed by atoms with Crippen molar-refractivity contribution in [3.63, 3.8) is 0 Å². The Labute approximate surface area is 99.7 Å². The molecule has 1 heterocycles. The highest BCUT2D eigenvalue weighted by atomic mass is 15.3. The van der Waals surface area contributed by atoms with Crippen LogP contribution in [0.4, 0.5) is 0 Å². The first-order valence-corrected chi connectivity index (χ1v) is 5.37. The predicted molar refractivity (Wildman–Crippen MR) is 63.0 cm³/mol. The Bertz CT molecular complexity index is 436. The van der Waals surface area contributed by atoms with Gasteiger partial charge in [-0.15, -0.1) is 0 Å². The highest BCUT2D eigenvalue weighted by Crippen LogP contribution is 2.13. The number of nitrogens with zero attached hydrogens (tertiary/aromatic N) is 6. The molecule has 7 heteroatoms. The summed E-state index contributed by atoms with van der Waals surface area (Å²) in [5, 5.41) is 19.6. The van der Waals surface area contributed by atoms with Crippen molar-refractivity contribution in [2.75, 3.05) is 13.1 Å². The van der Waals surface area contributed by atoms with E-state index >= 15 is 0 Å². The van der Waals surface area contributed by atoms with E-state index in [1.54, 1.807) is 10.9 Å². The van der Waals surface area contributed by atoms with Crippen LogP contribution in [-0.2, 0) is 0 Å². The van der Waals surface area contributed by atoms with E-state index in [2.05, 4.69) is 26.5 Å². The first-order valence-electron chi connectivity index (χ1n) is 5.37. The molecule has 1 aromatic heterocycles. The van der Waals surface area contributed by atoms with Crippen molar-refractivity contribution in [1.82, 2.24) is 15.1 Å². The summed E-state index contributed by atoms with van der Waals surface area (Å²) in [6, 6.07) is 2.00. The molecule has 90 valence electrons. The molecule has 1 atom stereocenters. The lowest BCUT2D eigenvalue weighted by Gasteiger charge is -2.08. The van der Waals surface area contributed by atoms with Crippen LogP contribution in [0.3, 0.4) is 0 Å². The summed E-state index contributed by atoms with van der Waals surface area (Å²) in [7, 11) is 0. The molecule has 1 aromatic rings. The Morgan fingerprint density at radius 3 is 3.00 bits per heavy atom. The highest BCUT2D eigenvalue weighted by Gasteiger charge is 2.12. The molecule has 0 aromatic carbocycles. The summed E-state index contributed by atoms with van der Waals surface area (Å²) in [5.41, 5.74) is 8.94. The Hall–Kier alpha value is -2.03. The number of azide groups is 1. The summed E-state index contributed by atoms with van der Waals surface area (Å²) in [4.78, 5) is 2.64. The molecule has 0 spiro atoms. The number of hydrogen-bond acceptors (Lipinski definition) is 4. The number of nitriles is 1. The van der Waals surface area contributed by atoms with Gasteiger partial charge in [0.25, 0.3) is 0 Å². The molecule has 0 aliphatic heterocycles. The third kappa shape index (κ3) is 3.79. The molecule has 0 fully saturated rings. The Balaban J connectivity index is 2.60. The van der Waals surface area contributed by atoms with Crippen LogP contribution in [0.15, 0.2) is 17.5 Å². The number of hydrogen-bond donors (Lipinski definition) is 1. The summed E-state index contributed by atoms with van der Waals surface area (Å²) < 4.78 is 1.80. The second-order valence-electron chi connectivity index (χ2n) is 3.82. The standard InChI is InChI=1S/C10H15N7/c1-8(2)17-7-9(6-15-17)10(5-11)13-3-4-14-16-12/h6-8,10,13H,3-4H2,1-2H3. The molecule has 17 heavy (non-hydrogen) atoms. The SMILES string of the molecule is CC(C)n1cc(C(C#N)NCCN=[N+]=[N-])cn1. The lowest BCUT2D eigenvalue weighted by atomic mass is 10.2. The molecule has 0 radical (unpaired) electrons. The maximum absolute atomic E-state index is 9.03. The minimum atomic E-state index is -0.420. The minimum Gasteiger partial charge on any atom is -0.298 e. The van der Waals surface area contributed by atoms with E-state index < -0.39 is 6.04 Å². The normalized spacial score (nSPS) is 11.9. The van der Waals surface area contributed by atoms with Gasteiger partial charge in [0.2, 0.25) is 0 Å². The van der Waals surface area contributed by atoms with Crippen LogP contribution >= 0.6 is 0 Å². The number of rotatable bonds is 6. The van der Waals surface area contributed by atoms with E-state index in [0.717, 1.165) is 5.56 Å². The van der Waals surface area contributed by atoms with Gasteiger partial charge in [0.1, 0.15) is 6.04 Å². The van der Waals surface area contributed by atoms with E-state index in [4.69, 9.17) is 10.8 Å². The monoisotopic (exact) mass is 233 g/mol.